The molecule has 0 saturated carbocycles. The molecule has 1 aliphatic rings. The Hall–Kier alpha value is -2.50. The van der Waals surface area contributed by atoms with E-state index in [0.717, 1.165) is 4.47 Å². The summed E-state index contributed by atoms with van der Waals surface area (Å²) in [6.07, 6.45) is 4.18. The Morgan fingerprint density at radius 1 is 1.27 bits per heavy atom. The molecule has 13 heteroatoms. The molecule has 0 spiro atoms. The van der Waals surface area contributed by atoms with Crippen molar-refractivity contribution in [2.75, 3.05) is 27.3 Å². The number of nitrogens with zero attached hydrogens (tertiary/aromatic N) is 1. The minimum Gasteiger partial charge on any atom is -0.468 e. The van der Waals surface area contributed by atoms with E-state index < -0.39 is 32.0 Å². The fraction of sp³-hybridized carbons (Fsp3) is 0.350. The Balaban J connectivity index is 1.98. The predicted molar refractivity (Wildman–Crippen MR) is 122 cm³/mol. The van der Waals surface area contributed by atoms with Gasteiger partial charge in [-0.2, -0.15) is 0 Å². The number of hydrogen-bond donors (Lipinski definition) is 2. The second-order valence-corrected chi connectivity index (χ2v) is 9.44. The van der Waals surface area contributed by atoms with E-state index in [0.29, 0.717) is 12.0 Å². The number of ether oxygens (including phenoxy) is 2. The van der Waals surface area contributed by atoms with Crippen LogP contribution < -0.4 is 14.9 Å². The molecule has 1 heterocycles. The molecule has 2 amide bonds. The summed E-state index contributed by atoms with van der Waals surface area (Å²) < 4.78 is 35.4. The van der Waals surface area contributed by atoms with Gasteiger partial charge in [-0.25, -0.2) is 9.65 Å². The third-order valence-corrected chi connectivity index (χ3v) is 6.26. The number of benzene rings is 1. The van der Waals surface area contributed by atoms with Gasteiger partial charge in [-0.3, -0.25) is 24.2 Å². The Labute approximate surface area is 199 Å². The Morgan fingerprint density at radius 2 is 1.97 bits per heavy atom. The Bertz CT molecular complexity index is 953. The fourth-order valence-electron chi connectivity index (χ4n) is 2.56. The number of nitrogens with one attached hydrogen (secondary N) is 2. The summed E-state index contributed by atoms with van der Waals surface area (Å²) in [7, 11) is -1.06. The van der Waals surface area contributed by atoms with E-state index in [1.807, 2.05) is 0 Å². The van der Waals surface area contributed by atoms with Gasteiger partial charge in [0.05, 0.1) is 13.7 Å². The van der Waals surface area contributed by atoms with E-state index in [2.05, 4.69) is 31.1 Å². The second-order valence-electron chi connectivity index (χ2n) is 6.77. The summed E-state index contributed by atoms with van der Waals surface area (Å²) in [6.45, 7) is 1.03. The summed E-state index contributed by atoms with van der Waals surface area (Å²) >= 11 is 3.30. The first kappa shape index (κ1) is 26.7. The lowest BCUT2D eigenvalue weighted by atomic mass is 10.3. The highest BCUT2D eigenvalue weighted by atomic mass is 79.9. The molecule has 11 nitrogen and oxygen atoms in total. The Morgan fingerprint density at radius 3 is 2.61 bits per heavy atom. The summed E-state index contributed by atoms with van der Waals surface area (Å²) in [6, 6.07) is 6.58. The van der Waals surface area contributed by atoms with Crippen molar-refractivity contribution < 1.29 is 37.5 Å². The van der Waals surface area contributed by atoms with E-state index >= 15 is 0 Å². The maximum Gasteiger partial charge on any atom is 0.459 e. The van der Waals surface area contributed by atoms with Crippen LogP contribution in [-0.4, -0.2) is 62.8 Å². The maximum atomic E-state index is 13.2. The van der Waals surface area contributed by atoms with Crippen LogP contribution in [0.5, 0.6) is 5.75 Å². The van der Waals surface area contributed by atoms with Gasteiger partial charge in [0.25, 0.3) is 5.91 Å². The molecule has 0 radical (unpaired) electrons. The van der Waals surface area contributed by atoms with Crippen LogP contribution in [0.1, 0.15) is 6.92 Å². The third-order valence-electron chi connectivity index (χ3n) is 4.24. The number of rotatable bonds is 12. The van der Waals surface area contributed by atoms with Crippen molar-refractivity contribution in [1.82, 2.24) is 15.3 Å². The highest BCUT2D eigenvalue weighted by molar-refractivity contribution is 9.10. The summed E-state index contributed by atoms with van der Waals surface area (Å²) in [5.74, 6) is -0.896. The molecule has 2 N–H and O–H groups in total. The third kappa shape index (κ3) is 8.75. The van der Waals surface area contributed by atoms with Crippen molar-refractivity contribution >= 4 is 42.0 Å². The number of imide groups is 1. The van der Waals surface area contributed by atoms with Crippen LogP contribution in [-0.2, 0) is 32.9 Å². The van der Waals surface area contributed by atoms with Crippen LogP contribution in [0.3, 0.4) is 0 Å². The van der Waals surface area contributed by atoms with Gasteiger partial charge in [0.2, 0.25) is 6.41 Å². The van der Waals surface area contributed by atoms with Crippen LogP contribution in [0.4, 0.5) is 0 Å². The van der Waals surface area contributed by atoms with Crippen LogP contribution in [0.15, 0.2) is 52.7 Å². The number of halogens is 1. The molecule has 2 rings (SSSR count). The lowest BCUT2D eigenvalue weighted by molar-refractivity contribution is -0.139. The summed E-state index contributed by atoms with van der Waals surface area (Å²) in [5.41, 5.74) is 0.306. The van der Waals surface area contributed by atoms with E-state index in [1.54, 1.807) is 55.3 Å². The summed E-state index contributed by atoms with van der Waals surface area (Å²) in [4.78, 5) is 35.2. The topological polar surface area (TPSA) is 132 Å². The number of hydrogen-bond acceptors (Lipinski definition) is 9. The van der Waals surface area contributed by atoms with Gasteiger partial charge in [0, 0.05) is 23.3 Å². The molecule has 0 saturated heterocycles. The zero-order valence-corrected chi connectivity index (χ0v) is 20.7. The van der Waals surface area contributed by atoms with Crippen LogP contribution in [0.25, 0.3) is 0 Å². The quantitative estimate of drug-likeness (QED) is 0.132. The second kappa shape index (κ2) is 12.7. The number of likely N-dealkylation sites (N-methyl/N-ethyl adjacent to an activating group) is 1. The number of methoxy groups -OCH3 is 1. The zero-order chi connectivity index (χ0) is 24.4. The van der Waals surface area contributed by atoms with Gasteiger partial charge in [-0.15, -0.1) is 0 Å². The number of amides is 2. The first-order valence-corrected chi connectivity index (χ1v) is 12.0. The number of esters is 1. The molecule has 33 heavy (non-hydrogen) atoms. The molecule has 0 fully saturated rings. The van der Waals surface area contributed by atoms with Crippen molar-refractivity contribution in [2.24, 2.45) is 0 Å². The molecule has 0 aliphatic carbocycles. The van der Waals surface area contributed by atoms with Gasteiger partial charge in [0.1, 0.15) is 24.6 Å². The van der Waals surface area contributed by atoms with Gasteiger partial charge >= 0.3 is 13.7 Å². The fourth-order valence-corrected chi connectivity index (χ4v) is 4.10. The monoisotopic (exact) mass is 545 g/mol. The molecule has 0 aromatic heterocycles. The predicted octanol–water partition coefficient (Wildman–Crippen LogP) is 2.10. The average Bonchev–Trinajstić information content (AvgIpc) is 3.27. The van der Waals surface area contributed by atoms with Gasteiger partial charge in [-0.1, -0.05) is 22.0 Å². The number of carbonyl (C=O) groups excluding carboxylic acids is 3. The number of carbonyl (C=O) groups is 3. The standard InChI is InChI=1S/C20H25BrN3O8P/c1-14(20(27)22-13-25)11-24(2)18-9-8-17(31-18)12-30-33(28,23-10-19(26)29-3)32-16-6-4-15(21)5-7-16/h4-9,11,13,17-18H,10,12H2,1-3H3,(H,23,28)(H,22,25,27)/b14-11-/t17-,18?,33?/m0/s1. The minimum absolute atomic E-state index is 0.142. The average molecular weight is 546 g/mol. The van der Waals surface area contributed by atoms with Crippen LogP contribution >= 0.6 is 23.7 Å². The highest BCUT2D eigenvalue weighted by Gasteiger charge is 2.31. The summed E-state index contributed by atoms with van der Waals surface area (Å²) in [5, 5.41) is 4.52. The van der Waals surface area contributed by atoms with E-state index in [-0.39, 0.29) is 18.9 Å². The van der Waals surface area contributed by atoms with Gasteiger partial charge < -0.3 is 18.9 Å². The molecule has 1 aromatic carbocycles. The molecule has 0 bridgehead atoms. The van der Waals surface area contributed by atoms with Crippen molar-refractivity contribution in [3.63, 3.8) is 0 Å². The van der Waals surface area contributed by atoms with E-state index in [9.17, 15) is 18.9 Å². The molecule has 1 aromatic rings. The zero-order valence-electron chi connectivity index (χ0n) is 18.2. The van der Waals surface area contributed by atoms with Crippen molar-refractivity contribution in [3.8, 4) is 5.75 Å². The first-order valence-electron chi connectivity index (χ1n) is 9.66. The van der Waals surface area contributed by atoms with Crippen molar-refractivity contribution in [3.05, 3.63) is 52.7 Å². The largest absolute Gasteiger partial charge is 0.468 e. The molecule has 2 unspecified atom stereocenters. The lowest BCUT2D eigenvalue weighted by Gasteiger charge is -2.24. The highest BCUT2D eigenvalue weighted by Crippen LogP contribution is 2.44. The van der Waals surface area contributed by atoms with Crippen molar-refractivity contribution in [1.29, 1.82) is 0 Å². The Kier molecular flexibility index (Phi) is 10.3. The minimum atomic E-state index is -3.95. The van der Waals surface area contributed by atoms with Gasteiger partial charge in [-0.05, 0) is 37.3 Å². The van der Waals surface area contributed by atoms with Crippen LogP contribution in [0.2, 0.25) is 0 Å². The molecule has 3 atom stereocenters. The van der Waals surface area contributed by atoms with E-state index in [4.69, 9.17) is 13.8 Å². The lowest BCUT2D eigenvalue weighted by Crippen LogP contribution is -2.31. The SMILES string of the molecule is COC(=O)CNP(=O)(OC[C@@H]1C=CC(N(C)/C=C(/C)C(=O)NC=O)O1)Oc1ccc(Br)cc1. The first-order chi connectivity index (χ1) is 15.7. The van der Waals surface area contributed by atoms with Crippen molar-refractivity contribution in [2.45, 2.75) is 19.3 Å². The molecular formula is C20H25BrN3O8P. The maximum absolute atomic E-state index is 13.2. The molecule has 1 aliphatic heterocycles. The normalized spacial score (nSPS) is 19.5. The smallest absolute Gasteiger partial charge is 0.459 e. The van der Waals surface area contributed by atoms with Crippen LogP contribution in [0, 0.1) is 0 Å². The molecular weight excluding hydrogens is 521 g/mol. The van der Waals surface area contributed by atoms with Gasteiger partial charge in [0.15, 0.2) is 0 Å². The van der Waals surface area contributed by atoms with E-state index in [1.165, 1.54) is 13.3 Å². The molecule has 180 valence electrons.